The molecule has 0 radical (unpaired) electrons. The molecule has 5 heteroatoms. The van der Waals surface area contributed by atoms with Crippen LogP contribution in [0.1, 0.15) is 21.2 Å². The van der Waals surface area contributed by atoms with Crippen LogP contribution in [0.5, 0.6) is 5.75 Å². The van der Waals surface area contributed by atoms with Crippen molar-refractivity contribution in [3.8, 4) is 5.75 Å². The quantitative estimate of drug-likeness (QED) is 0.455. The first-order valence-corrected chi connectivity index (χ1v) is 9.55. The molecule has 2 aromatic heterocycles. The third-order valence-corrected chi connectivity index (χ3v) is 5.16. The Hall–Kier alpha value is -3.05. The fourth-order valence-electron chi connectivity index (χ4n) is 2.88. The number of nitrogens with zero attached hydrogens (tertiary/aromatic N) is 1. The lowest BCUT2D eigenvalue weighted by atomic mass is 10.1. The molecule has 0 spiro atoms. The highest BCUT2D eigenvalue weighted by molar-refractivity contribution is 7.09. The highest BCUT2D eigenvalue weighted by atomic mass is 32.1. The lowest BCUT2D eigenvalue weighted by Gasteiger charge is -2.14. The van der Waals surface area contributed by atoms with E-state index in [1.807, 2.05) is 47.8 Å². The van der Waals surface area contributed by atoms with Crippen molar-refractivity contribution in [1.29, 1.82) is 0 Å². The van der Waals surface area contributed by atoms with Crippen LogP contribution in [-0.4, -0.2) is 17.9 Å². The minimum Gasteiger partial charge on any atom is -0.486 e. The zero-order valence-electron chi connectivity index (χ0n) is 14.9. The van der Waals surface area contributed by atoms with Crippen molar-refractivity contribution in [2.45, 2.75) is 13.2 Å². The Bertz CT molecular complexity index is 1050. The van der Waals surface area contributed by atoms with Gasteiger partial charge in [-0.25, -0.2) is 0 Å². The molecule has 0 saturated carbocycles. The number of thiophene rings is 1. The molecule has 0 aliphatic carbocycles. The Balaban J connectivity index is 1.39. The fourth-order valence-corrected chi connectivity index (χ4v) is 3.64. The SMILES string of the molecule is CN(Cc1cccs1)C(=O)c1ccc(COc2ccc3ccccc3c2)o1. The van der Waals surface area contributed by atoms with E-state index in [9.17, 15) is 4.79 Å². The molecule has 4 aromatic rings. The van der Waals surface area contributed by atoms with Gasteiger partial charge in [0.25, 0.3) is 5.91 Å². The fraction of sp³-hybridized carbons (Fsp3) is 0.136. The van der Waals surface area contributed by atoms with E-state index in [1.165, 1.54) is 5.39 Å². The Kier molecular flexibility index (Phi) is 4.94. The largest absolute Gasteiger partial charge is 0.486 e. The number of carbonyl (C=O) groups excluding carboxylic acids is 1. The van der Waals surface area contributed by atoms with Crippen LogP contribution in [0.2, 0.25) is 0 Å². The van der Waals surface area contributed by atoms with Gasteiger partial charge in [0.15, 0.2) is 5.76 Å². The number of furan rings is 1. The minimum absolute atomic E-state index is 0.139. The number of carbonyl (C=O) groups is 1. The Morgan fingerprint density at radius 2 is 1.89 bits per heavy atom. The second kappa shape index (κ2) is 7.68. The molecule has 4 nitrogen and oxygen atoms in total. The first-order valence-electron chi connectivity index (χ1n) is 8.67. The summed E-state index contributed by atoms with van der Waals surface area (Å²) in [7, 11) is 1.77. The molecule has 0 N–H and O–H groups in total. The summed E-state index contributed by atoms with van der Waals surface area (Å²) in [5.74, 6) is 1.58. The minimum atomic E-state index is -0.139. The van der Waals surface area contributed by atoms with Crippen LogP contribution in [-0.2, 0) is 13.2 Å². The van der Waals surface area contributed by atoms with Gasteiger partial charge in [0.2, 0.25) is 0 Å². The highest BCUT2D eigenvalue weighted by Gasteiger charge is 2.17. The topological polar surface area (TPSA) is 42.7 Å². The van der Waals surface area contributed by atoms with Gasteiger partial charge >= 0.3 is 0 Å². The summed E-state index contributed by atoms with van der Waals surface area (Å²) in [4.78, 5) is 15.3. The summed E-state index contributed by atoms with van der Waals surface area (Å²) in [6, 6.07) is 21.6. The van der Waals surface area contributed by atoms with Gasteiger partial charge in [-0.3, -0.25) is 4.79 Å². The Morgan fingerprint density at radius 1 is 1.04 bits per heavy atom. The zero-order valence-corrected chi connectivity index (χ0v) is 15.7. The van der Waals surface area contributed by atoms with Gasteiger partial charge < -0.3 is 14.1 Å². The summed E-state index contributed by atoms with van der Waals surface area (Å²) in [6.07, 6.45) is 0. The maximum absolute atomic E-state index is 12.5. The van der Waals surface area contributed by atoms with Gasteiger partial charge in [-0.05, 0) is 46.5 Å². The van der Waals surface area contributed by atoms with E-state index < -0.39 is 0 Å². The van der Waals surface area contributed by atoms with E-state index in [2.05, 4.69) is 12.1 Å². The zero-order chi connectivity index (χ0) is 18.6. The lowest BCUT2D eigenvalue weighted by Crippen LogP contribution is -2.25. The third kappa shape index (κ3) is 4.04. The molecule has 4 rings (SSSR count). The average Bonchev–Trinajstić information content (AvgIpc) is 3.37. The van der Waals surface area contributed by atoms with Crippen molar-refractivity contribution < 1.29 is 13.9 Å². The molecule has 0 bridgehead atoms. The van der Waals surface area contributed by atoms with Gasteiger partial charge in [-0.15, -0.1) is 11.3 Å². The molecule has 0 atom stereocenters. The summed E-state index contributed by atoms with van der Waals surface area (Å²) in [5, 5.41) is 4.30. The van der Waals surface area contributed by atoms with Crippen molar-refractivity contribution in [1.82, 2.24) is 4.90 Å². The number of benzene rings is 2. The van der Waals surface area contributed by atoms with Gasteiger partial charge in [-0.2, -0.15) is 0 Å². The molecular formula is C22H19NO3S. The van der Waals surface area contributed by atoms with Crippen molar-refractivity contribution in [2.24, 2.45) is 0 Å². The van der Waals surface area contributed by atoms with Crippen molar-refractivity contribution in [3.63, 3.8) is 0 Å². The maximum Gasteiger partial charge on any atom is 0.289 e. The van der Waals surface area contributed by atoms with E-state index in [4.69, 9.17) is 9.15 Å². The highest BCUT2D eigenvalue weighted by Crippen LogP contribution is 2.22. The van der Waals surface area contributed by atoms with E-state index in [0.717, 1.165) is 16.0 Å². The molecule has 27 heavy (non-hydrogen) atoms. The van der Waals surface area contributed by atoms with Crippen LogP contribution in [0, 0.1) is 0 Å². The van der Waals surface area contributed by atoms with Crippen LogP contribution < -0.4 is 4.74 Å². The second-order valence-corrected chi connectivity index (χ2v) is 7.34. The molecule has 2 aromatic carbocycles. The summed E-state index contributed by atoms with van der Waals surface area (Å²) in [6.45, 7) is 0.848. The van der Waals surface area contributed by atoms with Crippen LogP contribution in [0.15, 0.2) is 76.5 Å². The summed E-state index contributed by atoms with van der Waals surface area (Å²) < 4.78 is 11.5. The molecule has 0 aliphatic heterocycles. The lowest BCUT2D eigenvalue weighted by molar-refractivity contribution is 0.0750. The number of ether oxygens (including phenoxy) is 1. The molecule has 0 aliphatic rings. The van der Waals surface area contributed by atoms with Crippen molar-refractivity contribution >= 4 is 28.0 Å². The maximum atomic E-state index is 12.5. The van der Waals surface area contributed by atoms with Gasteiger partial charge in [0, 0.05) is 11.9 Å². The number of rotatable bonds is 6. The molecule has 136 valence electrons. The molecule has 2 heterocycles. The molecule has 0 fully saturated rings. The summed E-state index contributed by atoms with van der Waals surface area (Å²) >= 11 is 1.63. The number of fused-ring (bicyclic) bond motifs is 1. The van der Waals surface area contributed by atoms with Crippen LogP contribution in [0.3, 0.4) is 0 Å². The van der Waals surface area contributed by atoms with Crippen molar-refractivity contribution in [3.05, 3.63) is 88.5 Å². The molecule has 1 amide bonds. The number of hydrogen-bond donors (Lipinski definition) is 0. The average molecular weight is 377 g/mol. The van der Waals surface area contributed by atoms with E-state index >= 15 is 0 Å². The Morgan fingerprint density at radius 3 is 2.70 bits per heavy atom. The second-order valence-electron chi connectivity index (χ2n) is 6.30. The van der Waals surface area contributed by atoms with E-state index in [-0.39, 0.29) is 12.5 Å². The first-order chi connectivity index (χ1) is 13.2. The molecular weight excluding hydrogens is 358 g/mol. The summed E-state index contributed by atoms with van der Waals surface area (Å²) in [5.41, 5.74) is 0. The normalized spacial score (nSPS) is 10.9. The first kappa shape index (κ1) is 17.4. The number of amides is 1. The van der Waals surface area contributed by atoms with Crippen LogP contribution in [0.4, 0.5) is 0 Å². The van der Waals surface area contributed by atoms with Gasteiger partial charge in [0.1, 0.15) is 18.1 Å². The molecule has 0 unspecified atom stereocenters. The van der Waals surface area contributed by atoms with Crippen molar-refractivity contribution in [2.75, 3.05) is 7.05 Å². The standard InChI is InChI=1S/C22H19NO3S/c1-23(14-20-7-4-12-27-20)22(24)21-11-10-19(26-21)15-25-18-9-8-16-5-2-3-6-17(16)13-18/h2-13H,14-15H2,1H3. The Labute approximate surface area is 161 Å². The predicted molar refractivity (Wildman–Crippen MR) is 107 cm³/mol. The monoisotopic (exact) mass is 377 g/mol. The van der Waals surface area contributed by atoms with Crippen LogP contribution >= 0.6 is 11.3 Å². The van der Waals surface area contributed by atoms with E-state index in [1.54, 1.807) is 35.4 Å². The van der Waals surface area contributed by atoms with E-state index in [0.29, 0.717) is 18.1 Å². The third-order valence-electron chi connectivity index (χ3n) is 4.29. The predicted octanol–water partition coefficient (Wildman–Crippen LogP) is 5.35. The molecule has 0 saturated heterocycles. The smallest absolute Gasteiger partial charge is 0.289 e. The van der Waals surface area contributed by atoms with Gasteiger partial charge in [0.05, 0.1) is 6.54 Å². The number of hydrogen-bond acceptors (Lipinski definition) is 4. The van der Waals surface area contributed by atoms with Gasteiger partial charge in [-0.1, -0.05) is 36.4 Å². The van der Waals surface area contributed by atoms with Crippen LogP contribution in [0.25, 0.3) is 10.8 Å².